The second kappa shape index (κ2) is 10.5. The number of nitro groups is 1. The van der Waals surface area contributed by atoms with Crippen LogP contribution in [0.4, 0.5) is 11.8 Å². The van der Waals surface area contributed by atoms with E-state index < -0.39 is 22.3 Å². The van der Waals surface area contributed by atoms with Gasteiger partial charge < -0.3 is 18.8 Å². The van der Waals surface area contributed by atoms with Gasteiger partial charge >= 0.3 is 11.6 Å². The first-order valence-electron chi connectivity index (χ1n) is 9.97. The number of aryl methyl sites for hydroxylation is 1. The first-order valence-corrected chi connectivity index (χ1v) is 9.97. The third-order valence-electron chi connectivity index (χ3n) is 4.67. The molecule has 3 aromatic heterocycles. The van der Waals surface area contributed by atoms with Crippen LogP contribution in [0.15, 0.2) is 50.0 Å². The van der Waals surface area contributed by atoms with Crippen LogP contribution in [0.2, 0.25) is 0 Å². The van der Waals surface area contributed by atoms with Crippen LogP contribution in [0, 0.1) is 10.1 Å². The first-order chi connectivity index (χ1) is 16.2. The number of furan rings is 1. The number of nitrogens with zero attached hydrogens (tertiary/aromatic N) is 6. The predicted molar refractivity (Wildman–Crippen MR) is 124 cm³/mol. The average Bonchev–Trinajstić information content (AvgIpc) is 3.42. The zero-order chi connectivity index (χ0) is 24.8. The minimum absolute atomic E-state index is 0.0154. The molecule has 2 N–H and O–H groups in total. The summed E-state index contributed by atoms with van der Waals surface area (Å²) in [5, 5.41) is 25.0. The van der Waals surface area contributed by atoms with Gasteiger partial charge in [-0.15, -0.1) is 6.58 Å². The average molecular weight is 473 g/mol. The van der Waals surface area contributed by atoms with Gasteiger partial charge in [-0.3, -0.25) is 24.0 Å². The highest BCUT2D eigenvalue weighted by Gasteiger charge is 2.21. The van der Waals surface area contributed by atoms with Crippen molar-refractivity contribution in [3.63, 3.8) is 0 Å². The zero-order valence-corrected chi connectivity index (χ0v) is 18.4. The van der Waals surface area contributed by atoms with Crippen molar-refractivity contribution >= 4 is 35.3 Å². The molecular weight excluding hydrogens is 450 g/mol. The highest BCUT2D eigenvalue weighted by Crippen LogP contribution is 2.17. The van der Waals surface area contributed by atoms with E-state index in [4.69, 9.17) is 9.15 Å². The third kappa shape index (κ3) is 5.19. The summed E-state index contributed by atoms with van der Waals surface area (Å²) in [5.41, 5.74) is 1.76. The van der Waals surface area contributed by atoms with Gasteiger partial charge in [0.2, 0.25) is 5.95 Å². The van der Waals surface area contributed by atoms with Crippen molar-refractivity contribution in [2.75, 3.05) is 18.6 Å². The maximum atomic E-state index is 12.8. The highest BCUT2D eigenvalue weighted by molar-refractivity contribution is 5.79. The number of anilines is 1. The lowest BCUT2D eigenvalue weighted by Crippen LogP contribution is -2.38. The number of nitrogens with one attached hydrogen (secondary N) is 1. The molecule has 0 unspecified atom stereocenters. The lowest BCUT2D eigenvalue weighted by molar-refractivity contribution is -0.402. The van der Waals surface area contributed by atoms with Gasteiger partial charge in [0.05, 0.1) is 31.9 Å². The molecule has 3 rings (SSSR count). The fraction of sp³-hybridized carbons (Fsp3) is 0.300. The number of aliphatic hydroxyl groups excluding tert-OH is 1. The molecule has 3 aromatic rings. The zero-order valence-electron chi connectivity index (χ0n) is 18.4. The Labute approximate surface area is 191 Å². The maximum Gasteiger partial charge on any atom is 0.433 e. The summed E-state index contributed by atoms with van der Waals surface area (Å²) in [6.45, 7) is 3.71. The van der Waals surface area contributed by atoms with Crippen LogP contribution in [0.1, 0.15) is 5.76 Å². The lowest BCUT2D eigenvalue weighted by atomic mass is 10.3. The van der Waals surface area contributed by atoms with Gasteiger partial charge in [-0.2, -0.15) is 10.1 Å². The second-order valence-electron chi connectivity index (χ2n) is 7.09. The Morgan fingerprint density at radius 3 is 2.82 bits per heavy atom. The van der Waals surface area contributed by atoms with Crippen LogP contribution in [-0.4, -0.2) is 54.2 Å². The number of allylic oxidation sites excluding steroid dienone is 1. The van der Waals surface area contributed by atoms with Crippen molar-refractivity contribution in [1.29, 1.82) is 0 Å². The summed E-state index contributed by atoms with van der Waals surface area (Å²) < 4.78 is 13.8. The van der Waals surface area contributed by atoms with Crippen molar-refractivity contribution in [3.05, 3.63) is 67.6 Å². The monoisotopic (exact) mass is 473 g/mol. The van der Waals surface area contributed by atoms with Crippen LogP contribution < -0.4 is 16.7 Å². The Balaban J connectivity index is 1.88. The quantitative estimate of drug-likeness (QED) is 0.133. The predicted octanol–water partition coefficient (Wildman–Crippen LogP) is 0.609. The number of aliphatic hydroxyl groups is 1. The summed E-state index contributed by atoms with van der Waals surface area (Å²) in [5.74, 6) is -0.0212. The molecule has 0 aliphatic heterocycles. The van der Waals surface area contributed by atoms with Crippen molar-refractivity contribution in [2.45, 2.75) is 12.6 Å². The van der Waals surface area contributed by atoms with Crippen molar-refractivity contribution in [2.24, 2.45) is 19.2 Å². The number of fused-ring (bicyclic) bond motifs is 1. The molecule has 34 heavy (non-hydrogen) atoms. The molecule has 0 amide bonds. The Morgan fingerprint density at radius 1 is 1.38 bits per heavy atom. The molecule has 14 nitrogen and oxygen atoms in total. The summed E-state index contributed by atoms with van der Waals surface area (Å²) in [4.78, 5) is 39.4. The molecular formula is C20H23N7O7. The Hall–Kier alpha value is -4.30. The topological polar surface area (TPSA) is 172 Å². The van der Waals surface area contributed by atoms with Crippen molar-refractivity contribution in [1.82, 2.24) is 18.7 Å². The summed E-state index contributed by atoms with van der Waals surface area (Å²) in [7, 11) is 2.82. The summed E-state index contributed by atoms with van der Waals surface area (Å²) in [6, 6.07) is 2.66. The number of hydrogen-bond acceptors (Lipinski definition) is 10. The van der Waals surface area contributed by atoms with E-state index in [0.717, 1.165) is 4.57 Å². The van der Waals surface area contributed by atoms with Gasteiger partial charge in [-0.1, -0.05) is 6.08 Å². The molecule has 0 fully saturated rings. The van der Waals surface area contributed by atoms with Crippen molar-refractivity contribution < 1.29 is 19.2 Å². The fourth-order valence-corrected chi connectivity index (χ4v) is 3.07. The molecule has 0 aliphatic rings. The number of imidazole rings is 1. The van der Waals surface area contributed by atoms with E-state index in [1.807, 2.05) is 0 Å². The van der Waals surface area contributed by atoms with Gasteiger partial charge in [0.15, 0.2) is 11.2 Å². The first kappa shape index (κ1) is 24.3. The van der Waals surface area contributed by atoms with Gasteiger partial charge in [0.1, 0.15) is 10.7 Å². The largest absolute Gasteiger partial charge is 0.433 e. The Morgan fingerprint density at radius 2 is 2.15 bits per heavy atom. The van der Waals surface area contributed by atoms with Crippen LogP contribution in [0.5, 0.6) is 0 Å². The number of rotatable bonds is 11. The Kier molecular flexibility index (Phi) is 7.55. The molecule has 180 valence electrons. The van der Waals surface area contributed by atoms with E-state index >= 15 is 0 Å². The van der Waals surface area contributed by atoms with Crippen LogP contribution >= 0.6 is 0 Å². The van der Waals surface area contributed by atoms with E-state index in [1.54, 1.807) is 6.08 Å². The van der Waals surface area contributed by atoms with E-state index in [1.165, 1.54) is 53.7 Å². The summed E-state index contributed by atoms with van der Waals surface area (Å²) in [6.07, 6.45) is 4.81. The minimum atomic E-state index is -0.988. The third-order valence-corrected chi connectivity index (χ3v) is 4.67. The fourth-order valence-electron chi connectivity index (χ4n) is 3.07. The molecule has 0 bridgehead atoms. The molecule has 0 aliphatic carbocycles. The Bertz CT molecular complexity index is 1380. The smallest absolute Gasteiger partial charge is 0.401 e. The number of hydrogen-bond donors (Lipinski definition) is 2. The van der Waals surface area contributed by atoms with E-state index in [0.29, 0.717) is 0 Å². The van der Waals surface area contributed by atoms with Crippen molar-refractivity contribution in [3.8, 4) is 0 Å². The molecule has 0 saturated heterocycles. The van der Waals surface area contributed by atoms with Gasteiger partial charge in [-0.25, -0.2) is 10.2 Å². The SMILES string of the molecule is C=CCOC[C@H](O)Cn1c(N/N=C\C=C\c2ccc([N+](=O)[O-])o2)nc2c1c(=O)n(C)c(=O)n2C. The lowest BCUT2D eigenvalue weighted by Gasteiger charge is -2.14. The molecule has 0 radical (unpaired) electrons. The second-order valence-corrected chi connectivity index (χ2v) is 7.09. The number of ether oxygens (including phenoxy) is 1. The summed E-state index contributed by atoms with van der Waals surface area (Å²) >= 11 is 0. The highest BCUT2D eigenvalue weighted by atomic mass is 16.6. The van der Waals surface area contributed by atoms with Gasteiger partial charge in [0.25, 0.3) is 5.56 Å². The standard InChI is InChI=1S/C20H23N7O7/c1-4-10-33-12-13(28)11-26-16-17(24(2)20(30)25(3)18(16)29)22-19(26)23-21-9-5-6-14-7-8-15(34-14)27(31)32/h4-9,13,28H,1,10-12H2,2-3H3,(H,22,23)/b6-5+,21-9-/t13-/m1/s1. The molecule has 0 aromatic carbocycles. The number of aromatic nitrogens is 4. The van der Waals surface area contributed by atoms with E-state index in [-0.39, 0.29) is 48.5 Å². The normalized spacial score (nSPS) is 12.7. The minimum Gasteiger partial charge on any atom is -0.401 e. The molecule has 3 heterocycles. The van der Waals surface area contributed by atoms with E-state index in [9.17, 15) is 24.8 Å². The maximum absolute atomic E-state index is 12.8. The molecule has 1 atom stereocenters. The van der Waals surface area contributed by atoms with E-state index in [2.05, 4.69) is 22.1 Å². The van der Waals surface area contributed by atoms with Crippen LogP contribution in [0.3, 0.4) is 0 Å². The molecule has 14 heteroatoms. The molecule has 0 spiro atoms. The van der Waals surface area contributed by atoms with Gasteiger partial charge in [-0.05, 0) is 18.2 Å². The van der Waals surface area contributed by atoms with Crippen LogP contribution in [-0.2, 0) is 25.4 Å². The number of hydrazone groups is 1. The van der Waals surface area contributed by atoms with Gasteiger partial charge in [0, 0.05) is 20.3 Å². The molecule has 0 saturated carbocycles. The van der Waals surface area contributed by atoms with Crippen LogP contribution in [0.25, 0.3) is 17.2 Å².